The van der Waals surface area contributed by atoms with Gasteiger partial charge in [0.1, 0.15) is 12.6 Å². The van der Waals surface area contributed by atoms with Crippen LogP contribution in [0.5, 0.6) is 0 Å². The summed E-state index contributed by atoms with van der Waals surface area (Å²) in [6, 6.07) is 9.74. The molecule has 1 aliphatic carbocycles. The molecule has 1 saturated carbocycles. The molecule has 1 spiro atoms. The van der Waals surface area contributed by atoms with Crippen molar-refractivity contribution in [2.24, 2.45) is 5.41 Å². The Labute approximate surface area is 108 Å². The Balaban J connectivity index is 1.52. The van der Waals surface area contributed by atoms with E-state index in [0.29, 0.717) is 12.0 Å². The standard InChI is InChI=1S/C15H19NO2/c17-14(18-11-12-4-2-1-3-5-12)13-10-15(6-7-15)8-9-16-13/h1-5,13,16H,6-11H2/t13-/m0/s1. The van der Waals surface area contributed by atoms with Crippen LogP contribution in [0.1, 0.15) is 31.2 Å². The molecule has 1 saturated heterocycles. The van der Waals surface area contributed by atoms with Gasteiger partial charge in [0.25, 0.3) is 0 Å². The molecular formula is C15H19NO2. The van der Waals surface area contributed by atoms with E-state index < -0.39 is 0 Å². The van der Waals surface area contributed by atoms with Gasteiger partial charge in [-0.1, -0.05) is 30.3 Å². The number of esters is 1. The van der Waals surface area contributed by atoms with Crippen molar-refractivity contribution in [1.82, 2.24) is 5.32 Å². The molecule has 1 heterocycles. The Kier molecular flexibility index (Phi) is 3.08. The Morgan fingerprint density at radius 1 is 1.28 bits per heavy atom. The average molecular weight is 245 g/mol. The van der Waals surface area contributed by atoms with Crippen LogP contribution in [0.3, 0.4) is 0 Å². The highest BCUT2D eigenvalue weighted by Crippen LogP contribution is 2.53. The summed E-state index contributed by atoms with van der Waals surface area (Å²) in [5.41, 5.74) is 1.52. The van der Waals surface area contributed by atoms with Gasteiger partial charge in [-0.3, -0.25) is 4.79 Å². The zero-order chi connectivity index (χ0) is 12.4. The third kappa shape index (κ3) is 2.56. The summed E-state index contributed by atoms with van der Waals surface area (Å²) in [5.74, 6) is -0.0928. The van der Waals surface area contributed by atoms with Crippen LogP contribution in [0.2, 0.25) is 0 Å². The van der Waals surface area contributed by atoms with Crippen LogP contribution in [-0.2, 0) is 16.1 Å². The van der Waals surface area contributed by atoms with Gasteiger partial charge in [0, 0.05) is 0 Å². The summed E-state index contributed by atoms with van der Waals surface area (Å²) in [6.45, 7) is 1.33. The van der Waals surface area contributed by atoms with Crippen molar-refractivity contribution >= 4 is 5.97 Å². The van der Waals surface area contributed by atoms with Gasteiger partial charge in [0.05, 0.1) is 0 Å². The van der Waals surface area contributed by atoms with Crippen LogP contribution < -0.4 is 5.32 Å². The number of carbonyl (C=O) groups excluding carboxylic acids is 1. The van der Waals surface area contributed by atoms with Crippen molar-refractivity contribution in [2.75, 3.05) is 6.54 Å². The SMILES string of the molecule is O=C(OCc1ccccc1)[C@@H]1CC2(CCN1)CC2. The van der Waals surface area contributed by atoms with E-state index in [0.717, 1.165) is 18.5 Å². The topological polar surface area (TPSA) is 38.3 Å². The molecule has 3 nitrogen and oxygen atoms in total. The third-order valence-electron chi connectivity index (χ3n) is 4.15. The number of hydrogen-bond donors (Lipinski definition) is 1. The monoisotopic (exact) mass is 245 g/mol. The zero-order valence-corrected chi connectivity index (χ0v) is 10.5. The number of rotatable bonds is 3. The molecule has 0 aromatic heterocycles. The smallest absolute Gasteiger partial charge is 0.323 e. The number of hydrogen-bond acceptors (Lipinski definition) is 3. The van der Waals surface area contributed by atoms with Crippen LogP contribution in [-0.4, -0.2) is 18.6 Å². The van der Waals surface area contributed by atoms with E-state index in [1.54, 1.807) is 0 Å². The van der Waals surface area contributed by atoms with Crippen LogP contribution in [0.25, 0.3) is 0 Å². The summed E-state index contributed by atoms with van der Waals surface area (Å²) in [7, 11) is 0. The highest BCUT2D eigenvalue weighted by Gasteiger charge is 2.47. The molecule has 96 valence electrons. The Morgan fingerprint density at radius 2 is 2.06 bits per heavy atom. The first-order chi connectivity index (χ1) is 8.77. The molecule has 0 unspecified atom stereocenters. The fourth-order valence-electron chi connectivity index (χ4n) is 2.75. The van der Waals surface area contributed by atoms with Crippen LogP contribution in [0, 0.1) is 5.41 Å². The van der Waals surface area contributed by atoms with E-state index in [9.17, 15) is 4.79 Å². The lowest BCUT2D eigenvalue weighted by Crippen LogP contribution is -2.45. The first-order valence-corrected chi connectivity index (χ1v) is 6.71. The first-order valence-electron chi connectivity index (χ1n) is 6.71. The van der Waals surface area contributed by atoms with Gasteiger partial charge < -0.3 is 10.1 Å². The van der Waals surface area contributed by atoms with Gasteiger partial charge >= 0.3 is 5.97 Å². The number of piperidine rings is 1. The second kappa shape index (κ2) is 4.73. The summed E-state index contributed by atoms with van der Waals surface area (Å²) in [6.07, 6.45) is 4.75. The van der Waals surface area contributed by atoms with Crippen molar-refractivity contribution in [3.05, 3.63) is 35.9 Å². The predicted molar refractivity (Wildman–Crippen MR) is 68.9 cm³/mol. The van der Waals surface area contributed by atoms with E-state index in [2.05, 4.69) is 5.32 Å². The maximum atomic E-state index is 12.0. The van der Waals surface area contributed by atoms with Gasteiger partial charge in [0.15, 0.2) is 0 Å². The van der Waals surface area contributed by atoms with Gasteiger partial charge in [0.2, 0.25) is 0 Å². The fourth-order valence-corrected chi connectivity index (χ4v) is 2.75. The second-order valence-corrected chi connectivity index (χ2v) is 5.55. The Morgan fingerprint density at radius 3 is 2.78 bits per heavy atom. The van der Waals surface area contributed by atoms with Gasteiger partial charge in [-0.25, -0.2) is 0 Å². The Hall–Kier alpha value is -1.35. The minimum atomic E-state index is -0.0928. The van der Waals surface area contributed by atoms with Crippen molar-refractivity contribution in [3.8, 4) is 0 Å². The molecule has 0 amide bonds. The number of ether oxygens (including phenoxy) is 1. The molecule has 3 heteroatoms. The van der Waals surface area contributed by atoms with E-state index in [-0.39, 0.29) is 12.0 Å². The normalized spacial score (nSPS) is 24.8. The number of benzene rings is 1. The molecule has 2 aliphatic rings. The zero-order valence-electron chi connectivity index (χ0n) is 10.5. The molecule has 1 atom stereocenters. The second-order valence-electron chi connectivity index (χ2n) is 5.55. The summed E-state index contributed by atoms with van der Waals surface area (Å²) < 4.78 is 5.39. The van der Waals surface area contributed by atoms with Crippen LogP contribution in [0.4, 0.5) is 0 Å². The molecule has 2 fully saturated rings. The van der Waals surface area contributed by atoms with Crippen molar-refractivity contribution in [2.45, 2.75) is 38.3 Å². The maximum absolute atomic E-state index is 12.0. The van der Waals surface area contributed by atoms with Gasteiger partial charge in [-0.2, -0.15) is 0 Å². The van der Waals surface area contributed by atoms with E-state index >= 15 is 0 Å². The van der Waals surface area contributed by atoms with Crippen molar-refractivity contribution in [1.29, 1.82) is 0 Å². The molecule has 0 bridgehead atoms. The molecule has 1 aromatic carbocycles. The molecule has 1 N–H and O–H groups in total. The molecule has 1 aromatic rings. The maximum Gasteiger partial charge on any atom is 0.323 e. The molecule has 3 rings (SSSR count). The quantitative estimate of drug-likeness (QED) is 0.830. The molecule has 0 radical (unpaired) electrons. The third-order valence-corrected chi connectivity index (χ3v) is 4.15. The van der Waals surface area contributed by atoms with Gasteiger partial charge in [-0.05, 0) is 43.2 Å². The van der Waals surface area contributed by atoms with Crippen molar-refractivity contribution in [3.63, 3.8) is 0 Å². The largest absolute Gasteiger partial charge is 0.460 e. The van der Waals surface area contributed by atoms with Gasteiger partial charge in [-0.15, -0.1) is 0 Å². The highest BCUT2D eigenvalue weighted by atomic mass is 16.5. The number of nitrogens with one attached hydrogen (secondary N) is 1. The lowest BCUT2D eigenvalue weighted by molar-refractivity contribution is -0.148. The minimum absolute atomic E-state index is 0.0926. The van der Waals surface area contributed by atoms with E-state index in [1.165, 1.54) is 19.3 Å². The highest BCUT2D eigenvalue weighted by molar-refractivity contribution is 5.76. The first kappa shape index (κ1) is 11.7. The molecule has 1 aliphatic heterocycles. The minimum Gasteiger partial charge on any atom is -0.460 e. The van der Waals surface area contributed by atoms with E-state index in [4.69, 9.17) is 4.74 Å². The summed E-state index contributed by atoms with van der Waals surface area (Å²) in [5, 5.41) is 3.28. The lowest BCUT2D eigenvalue weighted by Gasteiger charge is -2.28. The van der Waals surface area contributed by atoms with Crippen LogP contribution >= 0.6 is 0 Å². The number of carbonyl (C=O) groups is 1. The molecular weight excluding hydrogens is 226 g/mol. The van der Waals surface area contributed by atoms with Crippen molar-refractivity contribution < 1.29 is 9.53 Å². The lowest BCUT2D eigenvalue weighted by atomic mass is 9.89. The fraction of sp³-hybridized carbons (Fsp3) is 0.533. The predicted octanol–water partition coefficient (Wildman–Crippen LogP) is 2.26. The Bertz CT molecular complexity index is 425. The van der Waals surface area contributed by atoms with Crippen LogP contribution in [0.15, 0.2) is 30.3 Å². The average Bonchev–Trinajstić information content (AvgIpc) is 3.16. The summed E-state index contributed by atoms with van der Waals surface area (Å²) >= 11 is 0. The van der Waals surface area contributed by atoms with E-state index in [1.807, 2.05) is 30.3 Å². The molecule has 18 heavy (non-hydrogen) atoms. The summed E-state index contributed by atoms with van der Waals surface area (Å²) in [4.78, 5) is 12.0.